The first kappa shape index (κ1) is 16.6. The van der Waals surface area contributed by atoms with Gasteiger partial charge in [-0.15, -0.1) is 10.2 Å². The summed E-state index contributed by atoms with van der Waals surface area (Å²) < 4.78 is 10.7. The van der Waals surface area contributed by atoms with Gasteiger partial charge in [0, 0.05) is 19.6 Å². The van der Waals surface area contributed by atoms with Crippen LogP contribution in [0.5, 0.6) is 5.19 Å². The highest BCUT2D eigenvalue weighted by Crippen LogP contribution is 2.24. The third-order valence-corrected chi connectivity index (χ3v) is 5.07. The molecule has 0 N–H and O–H groups in total. The molecule has 0 saturated carbocycles. The molecule has 3 heterocycles. The van der Waals surface area contributed by atoms with Gasteiger partial charge in [0.1, 0.15) is 5.01 Å². The first-order chi connectivity index (χ1) is 11.3. The lowest BCUT2D eigenvalue weighted by molar-refractivity contribution is -0.141. The van der Waals surface area contributed by atoms with Gasteiger partial charge in [-0.05, 0) is 26.3 Å². The summed E-state index contributed by atoms with van der Waals surface area (Å²) in [6.45, 7) is 7.88. The molecule has 0 spiro atoms. The number of aromatic nitrogens is 2. The lowest BCUT2D eigenvalue weighted by Gasteiger charge is -2.35. The van der Waals surface area contributed by atoms with E-state index < -0.39 is 0 Å². The van der Waals surface area contributed by atoms with E-state index in [1.165, 1.54) is 11.3 Å². The van der Waals surface area contributed by atoms with Gasteiger partial charge in [-0.2, -0.15) is 0 Å². The van der Waals surface area contributed by atoms with Gasteiger partial charge in [-0.1, -0.05) is 11.3 Å². The van der Waals surface area contributed by atoms with E-state index in [-0.39, 0.29) is 11.8 Å². The molecule has 7 nitrogen and oxygen atoms in total. The summed E-state index contributed by atoms with van der Waals surface area (Å²) in [4.78, 5) is 16.9. The highest BCUT2D eigenvalue weighted by atomic mass is 32.1. The summed E-state index contributed by atoms with van der Waals surface area (Å²) in [6, 6.07) is 0. The Labute approximate surface area is 140 Å². The molecular weight excluding hydrogens is 316 g/mol. The number of piperidine rings is 1. The maximum atomic E-state index is 12.6. The molecular formula is C15H24N4O3S. The Balaban J connectivity index is 1.53. The van der Waals surface area contributed by atoms with Crippen molar-refractivity contribution in [2.75, 3.05) is 46.0 Å². The number of amides is 1. The zero-order valence-corrected chi connectivity index (χ0v) is 14.4. The number of carbonyl (C=O) groups excluding carboxylic acids is 1. The number of hydrogen-bond acceptors (Lipinski definition) is 7. The predicted octanol–water partition coefficient (Wildman–Crippen LogP) is 1.01. The van der Waals surface area contributed by atoms with Crippen LogP contribution in [-0.4, -0.2) is 71.9 Å². The standard InChI is InChI=1S/C15H24N4O3S/c1-2-22-15-17-16-13(23-15)11-18-5-3-4-12(10-18)14(20)19-6-8-21-9-7-19/h12H,2-11H2,1H3/t12-/m0/s1. The molecule has 0 aromatic carbocycles. The van der Waals surface area contributed by atoms with E-state index in [0.29, 0.717) is 25.0 Å². The molecule has 2 aliphatic heterocycles. The van der Waals surface area contributed by atoms with Gasteiger partial charge in [0.05, 0.1) is 32.3 Å². The number of morpholine rings is 1. The number of likely N-dealkylation sites (tertiary alicyclic amines) is 1. The molecule has 2 aliphatic rings. The number of rotatable bonds is 5. The molecule has 2 saturated heterocycles. The molecule has 3 rings (SSSR count). The van der Waals surface area contributed by atoms with Gasteiger partial charge in [-0.3, -0.25) is 9.69 Å². The van der Waals surface area contributed by atoms with Gasteiger partial charge in [-0.25, -0.2) is 0 Å². The Bertz CT molecular complexity index is 519. The van der Waals surface area contributed by atoms with Crippen LogP contribution in [0.1, 0.15) is 24.8 Å². The van der Waals surface area contributed by atoms with E-state index in [9.17, 15) is 4.79 Å². The van der Waals surface area contributed by atoms with Crippen molar-refractivity contribution in [2.45, 2.75) is 26.3 Å². The van der Waals surface area contributed by atoms with Crippen molar-refractivity contribution in [3.8, 4) is 5.19 Å². The van der Waals surface area contributed by atoms with Gasteiger partial charge < -0.3 is 14.4 Å². The Morgan fingerprint density at radius 1 is 1.35 bits per heavy atom. The fraction of sp³-hybridized carbons (Fsp3) is 0.800. The number of hydrogen-bond donors (Lipinski definition) is 0. The van der Waals surface area contributed by atoms with Crippen LogP contribution in [0.25, 0.3) is 0 Å². The molecule has 1 aromatic rings. The average Bonchev–Trinajstić information content (AvgIpc) is 3.03. The van der Waals surface area contributed by atoms with Crippen LogP contribution < -0.4 is 4.74 Å². The number of ether oxygens (including phenoxy) is 2. The van der Waals surface area contributed by atoms with Gasteiger partial charge >= 0.3 is 0 Å². The van der Waals surface area contributed by atoms with E-state index in [4.69, 9.17) is 9.47 Å². The maximum absolute atomic E-state index is 12.6. The monoisotopic (exact) mass is 340 g/mol. The molecule has 128 valence electrons. The average molecular weight is 340 g/mol. The van der Waals surface area contributed by atoms with Crippen LogP contribution in [0.3, 0.4) is 0 Å². The van der Waals surface area contributed by atoms with E-state index in [2.05, 4.69) is 15.1 Å². The minimum Gasteiger partial charge on any atom is -0.469 e. The summed E-state index contributed by atoms with van der Waals surface area (Å²) in [5.41, 5.74) is 0. The van der Waals surface area contributed by atoms with E-state index in [1.54, 1.807) is 0 Å². The van der Waals surface area contributed by atoms with Crippen molar-refractivity contribution in [2.24, 2.45) is 5.92 Å². The van der Waals surface area contributed by atoms with Crippen LogP contribution in [-0.2, 0) is 16.1 Å². The zero-order valence-electron chi connectivity index (χ0n) is 13.6. The molecule has 1 aromatic heterocycles. The molecule has 8 heteroatoms. The Kier molecular flexibility index (Phi) is 5.80. The SMILES string of the molecule is CCOc1nnc(CN2CCC[C@H](C(=O)N3CCOCC3)C2)s1. The fourth-order valence-electron chi connectivity index (χ4n) is 3.12. The second kappa shape index (κ2) is 8.03. The highest BCUT2D eigenvalue weighted by Gasteiger charge is 2.30. The molecule has 0 bridgehead atoms. The molecule has 0 aliphatic carbocycles. The van der Waals surface area contributed by atoms with Crippen molar-refractivity contribution in [1.82, 2.24) is 20.0 Å². The van der Waals surface area contributed by atoms with E-state index >= 15 is 0 Å². The minimum atomic E-state index is 0.0983. The largest absolute Gasteiger partial charge is 0.469 e. The second-order valence-corrected chi connectivity index (χ2v) is 6.93. The first-order valence-electron chi connectivity index (χ1n) is 8.30. The van der Waals surface area contributed by atoms with Gasteiger partial charge in [0.25, 0.3) is 5.19 Å². The minimum absolute atomic E-state index is 0.0983. The molecule has 1 atom stereocenters. The number of carbonyl (C=O) groups is 1. The fourth-order valence-corrected chi connectivity index (χ4v) is 3.91. The first-order valence-corrected chi connectivity index (χ1v) is 9.12. The number of nitrogens with zero attached hydrogens (tertiary/aromatic N) is 4. The van der Waals surface area contributed by atoms with Crippen molar-refractivity contribution in [1.29, 1.82) is 0 Å². The molecule has 1 amide bonds. The van der Waals surface area contributed by atoms with Crippen LogP contribution in [0.4, 0.5) is 0 Å². The third-order valence-electron chi connectivity index (χ3n) is 4.25. The molecule has 0 unspecified atom stereocenters. The van der Waals surface area contributed by atoms with Crippen LogP contribution in [0, 0.1) is 5.92 Å². The molecule has 23 heavy (non-hydrogen) atoms. The summed E-state index contributed by atoms with van der Waals surface area (Å²) >= 11 is 1.49. The van der Waals surface area contributed by atoms with Crippen LogP contribution in [0.2, 0.25) is 0 Å². The van der Waals surface area contributed by atoms with Crippen LogP contribution in [0.15, 0.2) is 0 Å². The summed E-state index contributed by atoms with van der Waals surface area (Å²) in [7, 11) is 0. The van der Waals surface area contributed by atoms with Crippen LogP contribution >= 0.6 is 11.3 Å². The third kappa shape index (κ3) is 4.39. The quantitative estimate of drug-likeness (QED) is 0.797. The second-order valence-electron chi connectivity index (χ2n) is 5.91. The Hall–Kier alpha value is -1.25. The normalized spacial score (nSPS) is 23.0. The zero-order chi connectivity index (χ0) is 16.1. The van der Waals surface area contributed by atoms with Crippen molar-refractivity contribution >= 4 is 17.2 Å². The lowest BCUT2D eigenvalue weighted by Crippen LogP contribution is -2.48. The summed E-state index contributed by atoms with van der Waals surface area (Å²) in [5.74, 6) is 0.381. The molecule has 2 fully saturated rings. The Morgan fingerprint density at radius 2 is 2.17 bits per heavy atom. The van der Waals surface area contributed by atoms with Gasteiger partial charge in [0.2, 0.25) is 5.91 Å². The van der Waals surface area contributed by atoms with E-state index in [0.717, 1.165) is 50.6 Å². The van der Waals surface area contributed by atoms with E-state index in [1.807, 2.05) is 11.8 Å². The van der Waals surface area contributed by atoms with Gasteiger partial charge in [0.15, 0.2) is 0 Å². The Morgan fingerprint density at radius 3 is 2.96 bits per heavy atom. The van der Waals surface area contributed by atoms with Crippen molar-refractivity contribution in [3.05, 3.63) is 5.01 Å². The molecule has 0 radical (unpaired) electrons. The summed E-state index contributed by atoms with van der Waals surface area (Å²) in [6.07, 6.45) is 2.03. The maximum Gasteiger partial charge on any atom is 0.294 e. The predicted molar refractivity (Wildman–Crippen MR) is 86.5 cm³/mol. The van der Waals surface area contributed by atoms with Crippen molar-refractivity contribution in [3.63, 3.8) is 0 Å². The van der Waals surface area contributed by atoms with Crippen molar-refractivity contribution < 1.29 is 14.3 Å². The highest BCUT2D eigenvalue weighted by molar-refractivity contribution is 7.13. The topological polar surface area (TPSA) is 67.8 Å². The summed E-state index contributed by atoms with van der Waals surface area (Å²) in [5, 5.41) is 9.79. The smallest absolute Gasteiger partial charge is 0.294 e. The lowest BCUT2D eigenvalue weighted by atomic mass is 9.96.